The number of carbonyl (C=O) groups excluding carboxylic acids is 2. The van der Waals surface area contributed by atoms with Crippen molar-refractivity contribution < 1.29 is 14.0 Å². The molecular weight excluding hydrogens is 488 g/mol. The van der Waals surface area contributed by atoms with Gasteiger partial charge in [0.05, 0.1) is 23.8 Å². The fraction of sp³-hybridized carbons (Fsp3) is 0.242. The Morgan fingerprint density at radius 3 is 2.33 bits per heavy atom. The molecule has 0 N–H and O–H groups in total. The van der Waals surface area contributed by atoms with Gasteiger partial charge < -0.3 is 14.2 Å². The van der Waals surface area contributed by atoms with E-state index in [-0.39, 0.29) is 30.3 Å². The van der Waals surface area contributed by atoms with Crippen molar-refractivity contribution in [3.8, 4) is 0 Å². The fourth-order valence-electron chi connectivity index (χ4n) is 4.35. The van der Waals surface area contributed by atoms with Crippen LogP contribution in [-0.4, -0.2) is 34.7 Å². The highest BCUT2D eigenvalue weighted by molar-refractivity contribution is 5.94. The number of amides is 2. The van der Waals surface area contributed by atoms with Crippen molar-refractivity contribution in [1.29, 1.82) is 0 Å². The highest BCUT2D eigenvalue weighted by Gasteiger charge is 2.22. The third-order valence-electron chi connectivity index (χ3n) is 6.57. The summed E-state index contributed by atoms with van der Waals surface area (Å²) < 4.78 is 5.74. The summed E-state index contributed by atoms with van der Waals surface area (Å²) in [6.07, 6.45) is 6.39. The van der Waals surface area contributed by atoms with Crippen LogP contribution in [0.4, 0.5) is 0 Å². The van der Waals surface area contributed by atoms with Gasteiger partial charge in [0.25, 0.3) is 0 Å². The topological polar surface area (TPSA) is 70.8 Å². The third kappa shape index (κ3) is 7.54. The third-order valence-corrected chi connectivity index (χ3v) is 6.57. The molecule has 0 saturated carbocycles. The zero-order valence-electron chi connectivity index (χ0n) is 22.5. The van der Waals surface area contributed by atoms with Crippen LogP contribution in [0.3, 0.4) is 0 Å². The van der Waals surface area contributed by atoms with E-state index in [0.717, 1.165) is 29.5 Å². The molecule has 39 heavy (non-hydrogen) atoms. The van der Waals surface area contributed by atoms with Gasteiger partial charge in [0.1, 0.15) is 12.1 Å². The van der Waals surface area contributed by atoms with Crippen molar-refractivity contribution in [3.63, 3.8) is 0 Å². The van der Waals surface area contributed by atoms with E-state index in [2.05, 4.69) is 0 Å². The zero-order valence-corrected chi connectivity index (χ0v) is 22.5. The molecule has 0 fully saturated rings. The molecule has 4 aromatic rings. The van der Waals surface area contributed by atoms with Crippen LogP contribution < -0.4 is 5.43 Å². The van der Waals surface area contributed by atoms with Gasteiger partial charge in [-0.05, 0) is 42.7 Å². The molecule has 0 spiro atoms. The summed E-state index contributed by atoms with van der Waals surface area (Å²) in [5.74, 6) is -0.457. The first-order valence-electron chi connectivity index (χ1n) is 13.3. The Hall–Kier alpha value is -4.45. The SMILES string of the molecule is CCCCN(CC(=O)N(Cc1ccccc1)Cc1coc2ccc(C)cc2c1=O)C(=O)C=Cc1ccccc1. The summed E-state index contributed by atoms with van der Waals surface area (Å²) in [6, 6.07) is 24.7. The molecule has 200 valence electrons. The Balaban J connectivity index is 1.59. The minimum absolute atomic E-state index is 0.0790. The first kappa shape index (κ1) is 27.6. The average molecular weight is 523 g/mol. The van der Waals surface area contributed by atoms with E-state index < -0.39 is 0 Å². The van der Waals surface area contributed by atoms with Crippen LogP contribution in [0.15, 0.2) is 100 Å². The molecule has 0 aliphatic carbocycles. The lowest BCUT2D eigenvalue weighted by Crippen LogP contribution is -2.42. The van der Waals surface area contributed by atoms with Gasteiger partial charge in [0, 0.05) is 19.2 Å². The molecule has 6 heteroatoms. The van der Waals surface area contributed by atoms with Crippen molar-refractivity contribution >= 4 is 28.9 Å². The van der Waals surface area contributed by atoms with Crippen LogP contribution in [-0.2, 0) is 22.7 Å². The van der Waals surface area contributed by atoms with Gasteiger partial charge in [0.15, 0.2) is 5.43 Å². The number of unbranched alkanes of at least 4 members (excludes halogenated alkanes) is 1. The van der Waals surface area contributed by atoms with Crippen molar-refractivity contribution in [2.24, 2.45) is 0 Å². The molecule has 0 aliphatic heterocycles. The highest BCUT2D eigenvalue weighted by Crippen LogP contribution is 2.16. The van der Waals surface area contributed by atoms with Crippen molar-refractivity contribution in [2.45, 2.75) is 39.8 Å². The normalized spacial score (nSPS) is 11.1. The molecule has 2 amide bonds. The molecule has 1 heterocycles. The summed E-state index contributed by atoms with van der Waals surface area (Å²) in [5, 5.41) is 0.491. The summed E-state index contributed by atoms with van der Waals surface area (Å²) >= 11 is 0. The standard InChI is InChI=1S/C33H34N2O4/c1-3-4-19-34(31(36)18-16-26-11-7-5-8-12-26)23-32(37)35(21-27-13-9-6-10-14-27)22-28-24-39-30-17-15-25(2)20-29(30)33(28)38/h5-18,20,24H,3-4,19,21-23H2,1-2H3. The van der Waals surface area contributed by atoms with E-state index in [9.17, 15) is 14.4 Å². The van der Waals surface area contributed by atoms with Gasteiger partial charge in [-0.1, -0.05) is 85.6 Å². The largest absolute Gasteiger partial charge is 0.464 e. The lowest BCUT2D eigenvalue weighted by Gasteiger charge is -2.27. The van der Waals surface area contributed by atoms with Gasteiger partial charge in [-0.25, -0.2) is 0 Å². The molecule has 0 bridgehead atoms. The first-order chi connectivity index (χ1) is 18.9. The smallest absolute Gasteiger partial charge is 0.247 e. The monoisotopic (exact) mass is 522 g/mol. The quantitative estimate of drug-likeness (QED) is 0.228. The number of aryl methyl sites for hydroxylation is 1. The predicted molar refractivity (Wildman–Crippen MR) is 155 cm³/mol. The number of benzene rings is 3. The lowest BCUT2D eigenvalue weighted by atomic mass is 10.1. The maximum atomic E-state index is 13.7. The summed E-state index contributed by atoms with van der Waals surface area (Å²) in [7, 11) is 0. The molecule has 0 aliphatic rings. The van der Waals surface area contributed by atoms with E-state index in [1.165, 1.54) is 12.3 Å². The summed E-state index contributed by atoms with van der Waals surface area (Å²) in [6.45, 7) is 4.74. The Morgan fingerprint density at radius 1 is 0.897 bits per heavy atom. The van der Waals surface area contributed by atoms with Crippen molar-refractivity contribution in [2.75, 3.05) is 13.1 Å². The summed E-state index contributed by atoms with van der Waals surface area (Å²) in [4.78, 5) is 43.4. The second-order valence-corrected chi connectivity index (χ2v) is 9.68. The Labute approximate surface area is 229 Å². The number of nitrogens with zero attached hydrogens (tertiary/aromatic N) is 2. The fourth-order valence-corrected chi connectivity index (χ4v) is 4.35. The minimum Gasteiger partial charge on any atom is -0.464 e. The number of hydrogen-bond donors (Lipinski definition) is 0. The van der Waals surface area contributed by atoms with Gasteiger partial charge in [0.2, 0.25) is 11.8 Å². The maximum absolute atomic E-state index is 13.7. The molecule has 0 saturated heterocycles. The number of fused-ring (bicyclic) bond motifs is 1. The number of carbonyl (C=O) groups is 2. The van der Waals surface area contributed by atoms with Gasteiger partial charge in [-0.15, -0.1) is 0 Å². The van der Waals surface area contributed by atoms with Gasteiger partial charge in [-0.2, -0.15) is 0 Å². The molecule has 0 atom stereocenters. The van der Waals surface area contributed by atoms with Crippen molar-refractivity contribution in [1.82, 2.24) is 9.80 Å². The number of rotatable bonds is 11. The van der Waals surface area contributed by atoms with E-state index in [1.54, 1.807) is 28.0 Å². The van der Waals surface area contributed by atoms with Crippen LogP contribution in [0.5, 0.6) is 0 Å². The van der Waals surface area contributed by atoms with E-state index >= 15 is 0 Å². The van der Waals surface area contributed by atoms with Gasteiger partial charge in [-0.3, -0.25) is 14.4 Å². The van der Waals surface area contributed by atoms with Crippen LogP contribution in [0, 0.1) is 6.92 Å². The average Bonchev–Trinajstić information content (AvgIpc) is 2.96. The van der Waals surface area contributed by atoms with Crippen LogP contribution >= 0.6 is 0 Å². The molecule has 0 radical (unpaired) electrons. The van der Waals surface area contributed by atoms with Crippen LogP contribution in [0.2, 0.25) is 0 Å². The lowest BCUT2D eigenvalue weighted by molar-refractivity contribution is -0.139. The van der Waals surface area contributed by atoms with E-state index in [1.807, 2.05) is 80.6 Å². The van der Waals surface area contributed by atoms with Crippen LogP contribution in [0.1, 0.15) is 42.0 Å². The molecule has 6 nitrogen and oxygen atoms in total. The molecule has 1 aromatic heterocycles. The maximum Gasteiger partial charge on any atom is 0.247 e. The Kier molecular flexibility index (Phi) is 9.46. The highest BCUT2D eigenvalue weighted by atomic mass is 16.3. The van der Waals surface area contributed by atoms with E-state index in [4.69, 9.17) is 4.42 Å². The minimum atomic E-state index is -0.236. The van der Waals surface area contributed by atoms with Crippen molar-refractivity contribution in [3.05, 3.63) is 124 Å². The molecule has 0 unspecified atom stereocenters. The van der Waals surface area contributed by atoms with Crippen LogP contribution in [0.25, 0.3) is 17.0 Å². The Bertz CT molecular complexity index is 1490. The molecule has 3 aromatic carbocycles. The molecule has 4 rings (SSSR count). The van der Waals surface area contributed by atoms with E-state index in [0.29, 0.717) is 29.6 Å². The zero-order chi connectivity index (χ0) is 27.6. The number of hydrogen-bond acceptors (Lipinski definition) is 4. The second kappa shape index (κ2) is 13.4. The Morgan fingerprint density at radius 2 is 1.62 bits per heavy atom. The summed E-state index contributed by atoms with van der Waals surface area (Å²) in [5.41, 5.74) is 3.55. The van der Waals surface area contributed by atoms with Gasteiger partial charge >= 0.3 is 0 Å². The first-order valence-corrected chi connectivity index (χ1v) is 13.3. The molecular formula is C33H34N2O4. The second-order valence-electron chi connectivity index (χ2n) is 9.68. The predicted octanol–water partition coefficient (Wildman–Crippen LogP) is 5.97.